The molecule has 2 bridgehead atoms. The molecule has 3 amide bonds. The molecule has 3 fully saturated rings. The number of benzene rings is 2. The lowest BCUT2D eigenvalue weighted by molar-refractivity contribution is -0.140. The van der Waals surface area contributed by atoms with Gasteiger partial charge in [0.05, 0.1) is 11.8 Å². The summed E-state index contributed by atoms with van der Waals surface area (Å²) in [7, 11) is 0. The number of hydrogen-bond acceptors (Lipinski definition) is 4. The highest BCUT2D eigenvalue weighted by Crippen LogP contribution is 2.65. The predicted molar refractivity (Wildman–Crippen MR) is 121 cm³/mol. The summed E-state index contributed by atoms with van der Waals surface area (Å²) in [6.45, 7) is 1.35. The van der Waals surface area contributed by atoms with Gasteiger partial charge in [-0.1, -0.05) is 30.4 Å². The zero-order chi connectivity index (χ0) is 22.9. The van der Waals surface area contributed by atoms with Crippen LogP contribution in [0, 0.1) is 35.5 Å². The summed E-state index contributed by atoms with van der Waals surface area (Å²) in [5.41, 5.74) is 1.54. The maximum Gasteiger partial charge on any atom is 0.259 e. The van der Waals surface area contributed by atoms with E-state index in [4.69, 9.17) is 0 Å². The number of amides is 3. The Morgan fingerprint density at radius 3 is 1.97 bits per heavy atom. The van der Waals surface area contributed by atoms with Gasteiger partial charge >= 0.3 is 0 Å². The molecule has 7 rings (SSSR count). The van der Waals surface area contributed by atoms with Crippen molar-refractivity contribution in [2.45, 2.75) is 13.3 Å². The first-order chi connectivity index (χ1) is 16.0. The van der Waals surface area contributed by atoms with E-state index < -0.39 is 0 Å². The van der Waals surface area contributed by atoms with Crippen LogP contribution in [-0.2, 0) is 9.59 Å². The Labute approximate surface area is 191 Å². The second-order valence-corrected chi connectivity index (χ2v) is 9.60. The molecule has 1 saturated heterocycles. The molecule has 0 aromatic heterocycles. The summed E-state index contributed by atoms with van der Waals surface area (Å²) in [4.78, 5) is 54.9. The van der Waals surface area contributed by atoms with E-state index in [1.165, 1.54) is 16.7 Å². The number of carbonyl (C=O) groups excluding carboxylic acids is 4. The van der Waals surface area contributed by atoms with Gasteiger partial charge in [-0.3, -0.25) is 29.0 Å². The van der Waals surface area contributed by atoms with Gasteiger partial charge in [0.15, 0.2) is 5.78 Å². The number of nitrogens with zero attached hydrogens (tertiary/aromatic N) is 2. The van der Waals surface area contributed by atoms with Crippen molar-refractivity contribution < 1.29 is 19.2 Å². The minimum absolute atomic E-state index is 0.0713. The van der Waals surface area contributed by atoms with Crippen LogP contribution in [0.4, 0.5) is 5.69 Å². The summed E-state index contributed by atoms with van der Waals surface area (Å²) < 4.78 is 0. The number of imide groups is 1. The van der Waals surface area contributed by atoms with Gasteiger partial charge in [0.1, 0.15) is 6.67 Å². The summed E-state index contributed by atoms with van der Waals surface area (Å²) in [6.07, 6.45) is 5.39. The fourth-order valence-electron chi connectivity index (χ4n) is 6.18. The maximum absolute atomic E-state index is 13.5. The first kappa shape index (κ1) is 20.1. The first-order valence-corrected chi connectivity index (χ1v) is 11.5. The van der Waals surface area contributed by atoms with Gasteiger partial charge in [0, 0.05) is 16.8 Å². The average molecular weight is 440 g/mol. The van der Waals surface area contributed by atoms with Crippen LogP contribution < -0.4 is 4.90 Å². The molecule has 4 aliphatic carbocycles. The van der Waals surface area contributed by atoms with Crippen LogP contribution in [0.15, 0.2) is 66.7 Å². The molecule has 5 aliphatic rings. The van der Waals surface area contributed by atoms with Crippen molar-refractivity contribution >= 4 is 29.2 Å². The van der Waals surface area contributed by atoms with E-state index in [0.29, 0.717) is 28.7 Å². The second kappa shape index (κ2) is 7.24. The third-order valence-electron chi connectivity index (χ3n) is 7.89. The lowest BCUT2D eigenvalue weighted by Crippen LogP contribution is -2.45. The first-order valence-electron chi connectivity index (χ1n) is 11.5. The standard InChI is InChI=1S/C27H24N2O4/c1-15(30)16-7-9-18(10-8-16)28(25(31)17-5-3-2-4-6-17)14-29-26(32)23-19-11-12-20(22-13-21(19)22)24(23)27(29)33/h2-12,19-24H,13-14H2,1H3. The Morgan fingerprint density at radius 2 is 1.42 bits per heavy atom. The van der Waals surface area contributed by atoms with Crippen molar-refractivity contribution in [2.75, 3.05) is 11.6 Å². The second-order valence-electron chi connectivity index (χ2n) is 9.60. The van der Waals surface area contributed by atoms with E-state index in [-0.39, 0.29) is 53.8 Å². The van der Waals surface area contributed by atoms with Gasteiger partial charge in [0.2, 0.25) is 11.8 Å². The lowest BCUT2D eigenvalue weighted by Gasteiger charge is -2.37. The van der Waals surface area contributed by atoms with Gasteiger partial charge in [-0.15, -0.1) is 0 Å². The van der Waals surface area contributed by atoms with Crippen molar-refractivity contribution in [2.24, 2.45) is 35.5 Å². The molecule has 1 aliphatic heterocycles. The molecule has 6 heteroatoms. The normalized spacial score (nSPS) is 30.8. The summed E-state index contributed by atoms with van der Waals surface area (Å²) in [6, 6.07) is 15.5. The van der Waals surface area contributed by atoms with Crippen molar-refractivity contribution in [3.05, 3.63) is 77.9 Å². The molecule has 0 radical (unpaired) electrons. The van der Waals surface area contributed by atoms with Gasteiger partial charge in [-0.2, -0.15) is 0 Å². The van der Waals surface area contributed by atoms with Gasteiger partial charge < -0.3 is 0 Å². The lowest BCUT2D eigenvalue weighted by atomic mass is 9.63. The number of anilines is 1. The highest BCUT2D eigenvalue weighted by atomic mass is 16.2. The van der Waals surface area contributed by atoms with Gasteiger partial charge in [-0.25, -0.2) is 0 Å². The molecule has 33 heavy (non-hydrogen) atoms. The zero-order valence-electron chi connectivity index (χ0n) is 18.3. The summed E-state index contributed by atoms with van der Waals surface area (Å²) in [5, 5.41) is 0. The van der Waals surface area contributed by atoms with Crippen LogP contribution in [0.5, 0.6) is 0 Å². The van der Waals surface area contributed by atoms with E-state index in [1.807, 2.05) is 6.07 Å². The third kappa shape index (κ3) is 3.00. The monoisotopic (exact) mass is 440 g/mol. The molecule has 6 unspecified atom stereocenters. The highest BCUT2D eigenvalue weighted by molar-refractivity contribution is 6.10. The fourth-order valence-corrected chi connectivity index (χ4v) is 6.18. The van der Waals surface area contributed by atoms with Crippen molar-refractivity contribution in [3.8, 4) is 0 Å². The van der Waals surface area contributed by atoms with Crippen molar-refractivity contribution in [1.82, 2.24) is 4.90 Å². The van der Waals surface area contributed by atoms with E-state index in [9.17, 15) is 19.2 Å². The molecular formula is C27H24N2O4. The zero-order valence-corrected chi connectivity index (χ0v) is 18.3. The number of rotatable bonds is 5. The minimum atomic E-state index is -0.301. The third-order valence-corrected chi connectivity index (χ3v) is 7.89. The Bertz CT molecular complexity index is 1170. The quantitative estimate of drug-likeness (QED) is 0.405. The number of likely N-dealkylation sites (tertiary alicyclic amines) is 1. The number of hydrogen-bond donors (Lipinski definition) is 0. The van der Waals surface area contributed by atoms with Crippen LogP contribution in [0.1, 0.15) is 34.1 Å². The molecule has 2 saturated carbocycles. The highest BCUT2D eigenvalue weighted by Gasteiger charge is 2.67. The summed E-state index contributed by atoms with van der Waals surface area (Å²) in [5.74, 6) is 0.0258. The van der Waals surface area contributed by atoms with E-state index in [1.54, 1.807) is 48.5 Å². The maximum atomic E-state index is 13.5. The predicted octanol–water partition coefficient (Wildman–Crippen LogP) is 3.55. The molecule has 2 aromatic rings. The number of carbonyl (C=O) groups is 4. The molecule has 6 atom stereocenters. The molecule has 166 valence electrons. The molecule has 0 spiro atoms. The molecule has 0 N–H and O–H groups in total. The number of Topliss-reactive ketones (excluding diaryl/α,β-unsaturated/α-hetero) is 1. The van der Waals surface area contributed by atoms with Gasteiger partial charge in [-0.05, 0) is 73.4 Å². The van der Waals surface area contributed by atoms with Crippen LogP contribution >= 0.6 is 0 Å². The Balaban J connectivity index is 1.34. The molecule has 6 nitrogen and oxygen atoms in total. The molecule has 1 heterocycles. The SMILES string of the molecule is CC(=O)c1ccc(N(CN2C(=O)C3C4C=CC(C5CC45)C3C2=O)C(=O)c2ccccc2)cc1. The fraction of sp³-hybridized carbons (Fsp3) is 0.333. The van der Waals surface area contributed by atoms with E-state index in [0.717, 1.165) is 6.42 Å². The smallest absolute Gasteiger partial charge is 0.259 e. The van der Waals surface area contributed by atoms with E-state index >= 15 is 0 Å². The summed E-state index contributed by atoms with van der Waals surface area (Å²) >= 11 is 0. The topological polar surface area (TPSA) is 74.8 Å². The minimum Gasteiger partial charge on any atom is -0.295 e. The van der Waals surface area contributed by atoms with E-state index in [2.05, 4.69) is 12.2 Å². The van der Waals surface area contributed by atoms with Crippen molar-refractivity contribution in [1.29, 1.82) is 0 Å². The van der Waals surface area contributed by atoms with Crippen LogP contribution in [-0.4, -0.2) is 35.1 Å². The van der Waals surface area contributed by atoms with Crippen LogP contribution in [0.2, 0.25) is 0 Å². The largest absolute Gasteiger partial charge is 0.295 e. The Hall–Kier alpha value is -3.54. The van der Waals surface area contributed by atoms with Crippen molar-refractivity contribution in [3.63, 3.8) is 0 Å². The van der Waals surface area contributed by atoms with Gasteiger partial charge in [0.25, 0.3) is 5.91 Å². The Morgan fingerprint density at radius 1 is 0.848 bits per heavy atom. The number of ketones is 1. The molecular weight excluding hydrogens is 416 g/mol. The van der Waals surface area contributed by atoms with Crippen LogP contribution in [0.25, 0.3) is 0 Å². The Kier molecular flexibility index (Phi) is 4.41. The number of allylic oxidation sites excluding steroid dienone is 2. The van der Waals surface area contributed by atoms with Crippen LogP contribution in [0.3, 0.4) is 0 Å². The average Bonchev–Trinajstić information content (AvgIpc) is 3.63. The molecule has 2 aromatic carbocycles.